The van der Waals surface area contributed by atoms with E-state index in [0.717, 1.165) is 5.56 Å². The number of hydrogen-bond acceptors (Lipinski definition) is 3. The number of benzene rings is 1. The van der Waals surface area contributed by atoms with Crippen LogP contribution in [-0.4, -0.2) is 16.6 Å². The SMILES string of the molecule is NCC(c1ccncc1)C(O)c1cccc(Cl)c1Cl. The summed E-state index contributed by atoms with van der Waals surface area (Å²) in [6.45, 7) is 0.300. The molecular weight excluding hydrogens is 283 g/mol. The molecule has 3 nitrogen and oxygen atoms in total. The maximum Gasteiger partial charge on any atom is 0.0885 e. The number of rotatable bonds is 4. The molecule has 2 aromatic rings. The molecule has 2 unspecified atom stereocenters. The maximum atomic E-state index is 10.5. The number of aliphatic hydroxyl groups excluding tert-OH is 1. The van der Waals surface area contributed by atoms with Crippen LogP contribution in [0.5, 0.6) is 0 Å². The molecule has 5 heteroatoms. The molecule has 19 heavy (non-hydrogen) atoms. The Hall–Kier alpha value is -1.13. The third-order valence-electron chi connectivity index (χ3n) is 3.07. The predicted octanol–water partition coefficient (Wildman–Crippen LogP) is 3.16. The van der Waals surface area contributed by atoms with Crippen molar-refractivity contribution < 1.29 is 5.11 Å². The minimum Gasteiger partial charge on any atom is -0.388 e. The van der Waals surface area contributed by atoms with Crippen molar-refractivity contribution >= 4 is 23.2 Å². The fourth-order valence-electron chi connectivity index (χ4n) is 2.02. The van der Waals surface area contributed by atoms with Gasteiger partial charge in [0.05, 0.1) is 16.1 Å². The number of pyridine rings is 1. The average molecular weight is 297 g/mol. The lowest BCUT2D eigenvalue weighted by molar-refractivity contribution is 0.147. The van der Waals surface area contributed by atoms with Crippen LogP contribution in [0.25, 0.3) is 0 Å². The van der Waals surface area contributed by atoms with Gasteiger partial charge in [-0.3, -0.25) is 4.98 Å². The molecule has 2 atom stereocenters. The van der Waals surface area contributed by atoms with Gasteiger partial charge in [-0.25, -0.2) is 0 Å². The zero-order valence-corrected chi connectivity index (χ0v) is 11.6. The van der Waals surface area contributed by atoms with Crippen molar-refractivity contribution in [1.29, 1.82) is 0 Å². The Bertz CT molecular complexity index is 548. The first-order valence-electron chi connectivity index (χ1n) is 5.87. The van der Waals surface area contributed by atoms with Crippen LogP contribution in [0.15, 0.2) is 42.7 Å². The molecule has 0 aliphatic rings. The minimum absolute atomic E-state index is 0.251. The molecule has 0 radical (unpaired) electrons. The Balaban J connectivity index is 2.36. The fraction of sp³-hybridized carbons (Fsp3) is 0.214. The monoisotopic (exact) mass is 296 g/mol. The van der Waals surface area contributed by atoms with E-state index in [1.165, 1.54) is 0 Å². The molecule has 2 rings (SSSR count). The highest BCUT2D eigenvalue weighted by molar-refractivity contribution is 6.42. The first-order valence-corrected chi connectivity index (χ1v) is 6.62. The maximum absolute atomic E-state index is 10.5. The second-order valence-electron chi connectivity index (χ2n) is 4.21. The fourth-order valence-corrected chi connectivity index (χ4v) is 2.44. The van der Waals surface area contributed by atoms with Crippen molar-refractivity contribution in [3.05, 3.63) is 63.9 Å². The molecule has 1 aromatic heterocycles. The van der Waals surface area contributed by atoms with Gasteiger partial charge < -0.3 is 10.8 Å². The van der Waals surface area contributed by atoms with Gasteiger partial charge in [0.25, 0.3) is 0 Å². The number of aliphatic hydroxyl groups is 1. The van der Waals surface area contributed by atoms with Crippen molar-refractivity contribution in [2.45, 2.75) is 12.0 Å². The molecular formula is C14H14Cl2N2O. The van der Waals surface area contributed by atoms with Gasteiger partial charge in [-0.1, -0.05) is 35.3 Å². The number of aromatic nitrogens is 1. The summed E-state index contributed by atoms with van der Waals surface area (Å²) in [5, 5.41) is 11.3. The normalized spacial score (nSPS) is 14.1. The Morgan fingerprint density at radius 2 is 1.84 bits per heavy atom. The van der Waals surface area contributed by atoms with E-state index in [4.69, 9.17) is 28.9 Å². The molecule has 0 spiro atoms. The standard InChI is InChI=1S/C14H14Cl2N2O/c15-12-3-1-2-10(13(12)16)14(19)11(8-17)9-4-6-18-7-5-9/h1-7,11,14,19H,8,17H2. The highest BCUT2D eigenvalue weighted by atomic mass is 35.5. The molecule has 1 aromatic carbocycles. The molecule has 0 aliphatic carbocycles. The van der Waals surface area contributed by atoms with Gasteiger partial charge in [-0.2, -0.15) is 0 Å². The average Bonchev–Trinajstić information content (AvgIpc) is 2.44. The van der Waals surface area contributed by atoms with Gasteiger partial charge in [0, 0.05) is 30.4 Å². The molecule has 0 fully saturated rings. The van der Waals surface area contributed by atoms with Crippen molar-refractivity contribution in [2.75, 3.05) is 6.54 Å². The second kappa shape index (κ2) is 6.35. The van der Waals surface area contributed by atoms with E-state index in [1.54, 1.807) is 30.6 Å². The molecule has 1 heterocycles. The van der Waals surface area contributed by atoms with E-state index in [-0.39, 0.29) is 5.92 Å². The lowest BCUT2D eigenvalue weighted by Gasteiger charge is -2.23. The van der Waals surface area contributed by atoms with E-state index < -0.39 is 6.10 Å². The zero-order valence-electron chi connectivity index (χ0n) is 10.1. The zero-order chi connectivity index (χ0) is 13.8. The van der Waals surface area contributed by atoms with E-state index in [2.05, 4.69) is 4.98 Å². The van der Waals surface area contributed by atoms with Crippen LogP contribution in [0, 0.1) is 0 Å². The molecule has 0 aliphatic heterocycles. The van der Waals surface area contributed by atoms with Crippen molar-refractivity contribution in [2.24, 2.45) is 5.73 Å². The summed E-state index contributed by atoms with van der Waals surface area (Å²) >= 11 is 12.1. The predicted molar refractivity (Wildman–Crippen MR) is 77.5 cm³/mol. The third kappa shape index (κ3) is 3.07. The van der Waals surface area contributed by atoms with Crippen LogP contribution in [0.2, 0.25) is 10.0 Å². The van der Waals surface area contributed by atoms with Crippen LogP contribution >= 0.6 is 23.2 Å². The smallest absolute Gasteiger partial charge is 0.0885 e. The van der Waals surface area contributed by atoms with Crippen LogP contribution in [0.1, 0.15) is 23.1 Å². The highest BCUT2D eigenvalue weighted by Gasteiger charge is 2.24. The summed E-state index contributed by atoms with van der Waals surface area (Å²) in [6.07, 6.45) is 2.53. The summed E-state index contributed by atoms with van der Waals surface area (Å²) < 4.78 is 0. The third-order valence-corrected chi connectivity index (χ3v) is 3.90. The summed E-state index contributed by atoms with van der Waals surface area (Å²) in [6, 6.07) is 8.86. The van der Waals surface area contributed by atoms with Crippen LogP contribution in [-0.2, 0) is 0 Å². The summed E-state index contributed by atoms with van der Waals surface area (Å²) in [5.74, 6) is -0.251. The summed E-state index contributed by atoms with van der Waals surface area (Å²) in [7, 11) is 0. The Morgan fingerprint density at radius 3 is 2.47 bits per heavy atom. The molecule has 3 N–H and O–H groups in total. The number of hydrogen-bond donors (Lipinski definition) is 2. The summed E-state index contributed by atoms with van der Waals surface area (Å²) in [4.78, 5) is 3.96. The Morgan fingerprint density at radius 1 is 1.16 bits per heavy atom. The lowest BCUT2D eigenvalue weighted by Crippen LogP contribution is -2.20. The quantitative estimate of drug-likeness (QED) is 0.911. The van der Waals surface area contributed by atoms with Crippen molar-refractivity contribution in [1.82, 2.24) is 4.98 Å². The van der Waals surface area contributed by atoms with E-state index in [0.29, 0.717) is 22.2 Å². The highest BCUT2D eigenvalue weighted by Crippen LogP contribution is 2.36. The summed E-state index contributed by atoms with van der Waals surface area (Å²) in [5.41, 5.74) is 7.28. The van der Waals surface area contributed by atoms with Gasteiger partial charge in [0.1, 0.15) is 0 Å². The first kappa shape index (κ1) is 14.3. The van der Waals surface area contributed by atoms with Gasteiger partial charge in [0.2, 0.25) is 0 Å². The molecule has 0 saturated heterocycles. The van der Waals surface area contributed by atoms with Gasteiger partial charge in [0.15, 0.2) is 0 Å². The second-order valence-corrected chi connectivity index (χ2v) is 5.00. The van der Waals surface area contributed by atoms with Gasteiger partial charge in [-0.15, -0.1) is 0 Å². The first-order chi connectivity index (χ1) is 9.15. The lowest BCUT2D eigenvalue weighted by atomic mass is 9.90. The van der Waals surface area contributed by atoms with Crippen molar-refractivity contribution in [3.63, 3.8) is 0 Å². The van der Waals surface area contributed by atoms with E-state index >= 15 is 0 Å². The van der Waals surface area contributed by atoms with Gasteiger partial charge >= 0.3 is 0 Å². The molecule has 0 bridgehead atoms. The van der Waals surface area contributed by atoms with E-state index in [1.807, 2.05) is 12.1 Å². The molecule has 0 saturated carbocycles. The largest absolute Gasteiger partial charge is 0.388 e. The number of halogens is 2. The van der Waals surface area contributed by atoms with Crippen molar-refractivity contribution in [3.8, 4) is 0 Å². The van der Waals surface area contributed by atoms with Gasteiger partial charge in [-0.05, 0) is 23.8 Å². The molecule has 0 amide bonds. The van der Waals surface area contributed by atoms with Crippen LogP contribution < -0.4 is 5.73 Å². The minimum atomic E-state index is -0.807. The van der Waals surface area contributed by atoms with Crippen LogP contribution in [0.4, 0.5) is 0 Å². The number of nitrogens with zero attached hydrogens (tertiary/aromatic N) is 1. The van der Waals surface area contributed by atoms with Crippen LogP contribution in [0.3, 0.4) is 0 Å². The topological polar surface area (TPSA) is 59.1 Å². The number of nitrogens with two attached hydrogens (primary N) is 1. The Labute approximate surface area is 122 Å². The Kier molecular flexibility index (Phi) is 4.77. The molecule has 100 valence electrons. The van der Waals surface area contributed by atoms with E-state index in [9.17, 15) is 5.11 Å².